The maximum atomic E-state index is 11.9. The molecule has 1 amide bonds. The lowest BCUT2D eigenvalue weighted by Crippen LogP contribution is -2.36. The maximum Gasteiger partial charge on any atom is 0.222 e. The van der Waals surface area contributed by atoms with Crippen LogP contribution in [0.3, 0.4) is 0 Å². The highest BCUT2D eigenvalue weighted by Crippen LogP contribution is 2.21. The number of amides is 1. The molecule has 0 bridgehead atoms. The second-order valence-corrected chi connectivity index (χ2v) is 4.50. The smallest absolute Gasteiger partial charge is 0.222 e. The summed E-state index contributed by atoms with van der Waals surface area (Å²) in [4.78, 5) is 18.3. The zero-order valence-corrected chi connectivity index (χ0v) is 11.1. The summed E-state index contributed by atoms with van der Waals surface area (Å²) in [6.45, 7) is 6.08. The Kier molecular flexibility index (Phi) is 4.18. The molecule has 1 aliphatic heterocycles. The fourth-order valence-corrected chi connectivity index (χ4v) is 2.21. The van der Waals surface area contributed by atoms with Crippen molar-refractivity contribution in [2.45, 2.75) is 39.7 Å². The first-order chi connectivity index (χ1) is 8.74. The predicted octanol–water partition coefficient (Wildman–Crippen LogP) is 2.17. The minimum Gasteiger partial charge on any atom is -0.478 e. The number of fused-ring (bicyclic) bond motifs is 1. The van der Waals surface area contributed by atoms with E-state index in [9.17, 15) is 4.79 Å². The molecular formula is C14H20N2O2. The monoisotopic (exact) mass is 248 g/mol. The number of carbonyl (C=O) groups excluding carboxylic acids is 1. The van der Waals surface area contributed by atoms with Gasteiger partial charge in [0.15, 0.2) is 0 Å². The van der Waals surface area contributed by atoms with Gasteiger partial charge in [0.2, 0.25) is 11.8 Å². The third-order valence-electron chi connectivity index (χ3n) is 3.13. The summed E-state index contributed by atoms with van der Waals surface area (Å²) in [5.74, 6) is 0.932. The Balaban J connectivity index is 2.08. The van der Waals surface area contributed by atoms with Gasteiger partial charge in [0.05, 0.1) is 12.3 Å². The summed E-state index contributed by atoms with van der Waals surface area (Å²) in [7, 11) is 0. The van der Waals surface area contributed by atoms with Gasteiger partial charge in [0.25, 0.3) is 0 Å². The van der Waals surface area contributed by atoms with Crippen LogP contribution in [0.2, 0.25) is 0 Å². The van der Waals surface area contributed by atoms with Crippen LogP contribution in [-0.2, 0) is 17.8 Å². The van der Waals surface area contributed by atoms with Crippen LogP contribution in [-0.4, -0.2) is 28.9 Å². The van der Waals surface area contributed by atoms with Crippen LogP contribution >= 0.6 is 0 Å². The molecule has 0 aliphatic carbocycles. The van der Waals surface area contributed by atoms with Crippen LogP contribution < -0.4 is 4.74 Å². The fourth-order valence-electron chi connectivity index (χ4n) is 2.21. The summed E-state index contributed by atoms with van der Waals surface area (Å²) < 4.78 is 5.39. The number of pyridine rings is 1. The molecule has 0 atom stereocenters. The second kappa shape index (κ2) is 5.85. The van der Waals surface area contributed by atoms with Crippen LogP contribution in [0.5, 0.6) is 5.88 Å². The molecule has 2 heterocycles. The zero-order chi connectivity index (χ0) is 13.0. The van der Waals surface area contributed by atoms with Gasteiger partial charge in [-0.1, -0.05) is 13.0 Å². The Labute approximate surface area is 108 Å². The lowest BCUT2D eigenvalue weighted by molar-refractivity contribution is -0.132. The number of hydrogen-bond donors (Lipinski definition) is 0. The van der Waals surface area contributed by atoms with E-state index in [1.807, 2.05) is 30.9 Å². The number of nitrogens with zero attached hydrogens (tertiary/aromatic N) is 2. The summed E-state index contributed by atoms with van der Waals surface area (Å²) in [5.41, 5.74) is 2.22. The highest BCUT2D eigenvalue weighted by Gasteiger charge is 2.21. The molecule has 1 aromatic rings. The Morgan fingerprint density at radius 3 is 3.00 bits per heavy atom. The van der Waals surface area contributed by atoms with Crippen LogP contribution in [0, 0.1) is 0 Å². The fraction of sp³-hybridized carbons (Fsp3) is 0.571. The standard InChI is InChI=1S/C14H20N2O2/c1-3-5-14(17)16-9-8-12-11(10-16)6-7-13(15-12)18-4-2/h6-7H,3-5,8-10H2,1-2H3. The molecule has 98 valence electrons. The van der Waals surface area contributed by atoms with Crippen molar-refractivity contribution in [1.29, 1.82) is 0 Å². The molecule has 1 aliphatic rings. The molecule has 1 aromatic heterocycles. The molecule has 0 aromatic carbocycles. The first-order valence-corrected chi connectivity index (χ1v) is 6.64. The number of ether oxygens (including phenoxy) is 1. The molecule has 18 heavy (non-hydrogen) atoms. The average Bonchev–Trinajstić information content (AvgIpc) is 2.39. The number of carbonyl (C=O) groups is 1. The number of rotatable bonds is 4. The molecule has 4 heteroatoms. The largest absolute Gasteiger partial charge is 0.478 e. The summed E-state index contributed by atoms with van der Waals surface area (Å²) >= 11 is 0. The van der Waals surface area contributed by atoms with Gasteiger partial charge < -0.3 is 9.64 Å². The van der Waals surface area contributed by atoms with E-state index < -0.39 is 0 Å². The molecule has 4 nitrogen and oxygen atoms in total. The van der Waals surface area contributed by atoms with Gasteiger partial charge in [0, 0.05) is 32.0 Å². The van der Waals surface area contributed by atoms with Crippen molar-refractivity contribution in [2.24, 2.45) is 0 Å². The van der Waals surface area contributed by atoms with Gasteiger partial charge >= 0.3 is 0 Å². The average molecular weight is 248 g/mol. The van der Waals surface area contributed by atoms with Crippen LogP contribution in [0.15, 0.2) is 12.1 Å². The lowest BCUT2D eigenvalue weighted by Gasteiger charge is -2.28. The maximum absolute atomic E-state index is 11.9. The van der Waals surface area contributed by atoms with Crippen molar-refractivity contribution < 1.29 is 9.53 Å². The number of hydrogen-bond acceptors (Lipinski definition) is 3. The molecule has 0 saturated carbocycles. The SMILES string of the molecule is CCCC(=O)N1CCc2nc(OCC)ccc2C1. The van der Waals surface area contributed by atoms with E-state index >= 15 is 0 Å². The van der Waals surface area contributed by atoms with E-state index in [0.717, 1.165) is 30.6 Å². The van der Waals surface area contributed by atoms with Crippen molar-refractivity contribution in [3.8, 4) is 5.88 Å². The van der Waals surface area contributed by atoms with Crippen molar-refractivity contribution in [3.05, 3.63) is 23.4 Å². The Morgan fingerprint density at radius 2 is 2.28 bits per heavy atom. The van der Waals surface area contributed by atoms with Crippen LogP contribution in [0.1, 0.15) is 37.9 Å². The predicted molar refractivity (Wildman–Crippen MR) is 69.4 cm³/mol. The third-order valence-corrected chi connectivity index (χ3v) is 3.13. The Bertz CT molecular complexity index is 432. The molecule has 0 radical (unpaired) electrons. The highest BCUT2D eigenvalue weighted by atomic mass is 16.5. The van der Waals surface area contributed by atoms with Crippen molar-refractivity contribution >= 4 is 5.91 Å². The first kappa shape index (κ1) is 12.9. The van der Waals surface area contributed by atoms with Gasteiger partial charge in [-0.3, -0.25) is 4.79 Å². The summed E-state index contributed by atoms with van der Waals surface area (Å²) in [6.07, 6.45) is 2.37. The minimum absolute atomic E-state index is 0.247. The molecule has 0 spiro atoms. The topological polar surface area (TPSA) is 42.4 Å². The van der Waals surface area contributed by atoms with Crippen LogP contribution in [0.4, 0.5) is 0 Å². The van der Waals surface area contributed by atoms with Gasteiger partial charge in [0.1, 0.15) is 0 Å². The third kappa shape index (κ3) is 2.81. The molecule has 0 saturated heterocycles. The zero-order valence-electron chi connectivity index (χ0n) is 11.1. The highest BCUT2D eigenvalue weighted by molar-refractivity contribution is 5.76. The Hall–Kier alpha value is -1.58. The van der Waals surface area contributed by atoms with Gasteiger partial charge in [-0.2, -0.15) is 0 Å². The quantitative estimate of drug-likeness (QED) is 0.820. The minimum atomic E-state index is 0.247. The Morgan fingerprint density at radius 1 is 1.44 bits per heavy atom. The van der Waals surface area contributed by atoms with E-state index in [-0.39, 0.29) is 5.91 Å². The first-order valence-electron chi connectivity index (χ1n) is 6.64. The molecule has 0 N–H and O–H groups in total. The lowest BCUT2D eigenvalue weighted by atomic mass is 10.1. The van der Waals surface area contributed by atoms with E-state index in [1.165, 1.54) is 0 Å². The number of aromatic nitrogens is 1. The second-order valence-electron chi connectivity index (χ2n) is 4.50. The van der Waals surface area contributed by atoms with E-state index in [2.05, 4.69) is 4.98 Å². The van der Waals surface area contributed by atoms with Crippen LogP contribution in [0.25, 0.3) is 0 Å². The molecule has 2 rings (SSSR count). The summed E-state index contributed by atoms with van der Waals surface area (Å²) in [5, 5.41) is 0. The van der Waals surface area contributed by atoms with Gasteiger partial charge in [-0.25, -0.2) is 4.98 Å². The van der Waals surface area contributed by atoms with Crippen molar-refractivity contribution in [3.63, 3.8) is 0 Å². The van der Waals surface area contributed by atoms with E-state index in [1.54, 1.807) is 0 Å². The van der Waals surface area contributed by atoms with Gasteiger partial charge in [-0.05, 0) is 18.9 Å². The molecule has 0 unspecified atom stereocenters. The molecule has 0 fully saturated rings. The van der Waals surface area contributed by atoms with Crippen molar-refractivity contribution in [2.75, 3.05) is 13.2 Å². The van der Waals surface area contributed by atoms with E-state index in [4.69, 9.17) is 4.74 Å². The normalized spacial score (nSPS) is 14.2. The van der Waals surface area contributed by atoms with Gasteiger partial charge in [-0.15, -0.1) is 0 Å². The van der Waals surface area contributed by atoms with Crippen molar-refractivity contribution in [1.82, 2.24) is 9.88 Å². The molecular weight excluding hydrogens is 228 g/mol. The summed E-state index contributed by atoms with van der Waals surface area (Å²) in [6, 6.07) is 3.91. The van der Waals surface area contributed by atoms with E-state index in [0.29, 0.717) is 25.5 Å².